The number of benzene rings is 1. The van der Waals surface area contributed by atoms with E-state index >= 15 is 0 Å². The minimum absolute atomic E-state index is 0.0371. The van der Waals surface area contributed by atoms with Crippen LogP contribution < -0.4 is 10.6 Å². The summed E-state index contributed by atoms with van der Waals surface area (Å²) in [6, 6.07) is 8.10. The summed E-state index contributed by atoms with van der Waals surface area (Å²) in [5, 5.41) is 8.85. The van der Waals surface area contributed by atoms with Crippen molar-refractivity contribution in [1.82, 2.24) is 4.90 Å². The van der Waals surface area contributed by atoms with Crippen LogP contribution in [0.2, 0.25) is 0 Å². The second-order valence-electron chi connectivity index (χ2n) is 5.92. The Bertz CT molecular complexity index is 482. The van der Waals surface area contributed by atoms with Gasteiger partial charge in [-0.05, 0) is 31.5 Å². The van der Waals surface area contributed by atoms with Crippen molar-refractivity contribution in [3.05, 3.63) is 29.8 Å². The molecule has 116 valence electrons. The smallest absolute Gasteiger partial charge is 0.305 e. The molecular formula is C16H25N3O2. The molecule has 1 aliphatic rings. The van der Waals surface area contributed by atoms with Crippen molar-refractivity contribution >= 4 is 11.7 Å². The topological polar surface area (TPSA) is 69.8 Å². The molecule has 0 bridgehead atoms. The van der Waals surface area contributed by atoms with Gasteiger partial charge in [0.2, 0.25) is 0 Å². The molecule has 1 atom stereocenters. The Kier molecular flexibility index (Phi) is 5.20. The van der Waals surface area contributed by atoms with E-state index < -0.39 is 12.0 Å². The number of rotatable bonds is 5. The third-order valence-electron chi connectivity index (χ3n) is 4.10. The van der Waals surface area contributed by atoms with Gasteiger partial charge in [0.15, 0.2) is 0 Å². The van der Waals surface area contributed by atoms with Crippen LogP contribution in [-0.2, 0) is 4.79 Å². The maximum Gasteiger partial charge on any atom is 0.305 e. The van der Waals surface area contributed by atoms with Crippen molar-refractivity contribution in [2.24, 2.45) is 5.73 Å². The minimum atomic E-state index is -0.863. The van der Waals surface area contributed by atoms with Crippen LogP contribution >= 0.6 is 0 Å². The molecule has 0 spiro atoms. The van der Waals surface area contributed by atoms with Crippen LogP contribution in [0.1, 0.15) is 31.9 Å². The Labute approximate surface area is 126 Å². The molecule has 3 N–H and O–H groups in total. The Morgan fingerprint density at radius 3 is 2.52 bits per heavy atom. The number of carboxylic acid groups (broad SMARTS) is 1. The van der Waals surface area contributed by atoms with Crippen LogP contribution in [0.3, 0.4) is 0 Å². The third-order valence-corrected chi connectivity index (χ3v) is 4.10. The largest absolute Gasteiger partial charge is 0.481 e. The van der Waals surface area contributed by atoms with Crippen LogP contribution in [0, 0.1) is 0 Å². The molecule has 0 aromatic heterocycles. The predicted octanol–water partition coefficient (Wildman–Crippen LogP) is 1.69. The molecule has 1 aliphatic heterocycles. The minimum Gasteiger partial charge on any atom is -0.481 e. The normalized spacial score (nSPS) is 18.0. The number of nitrogens with zero attached hydrogens (tertiary/aromatic N) is 2. The fourth-order valence-electron chi connectivity index (χ4n) is 2.75. The summed E-state index contributed by atoms with van der Waals surface area (Å²) in [4.78, 5) is 15.6. The number of aliphatic carboxylic acids is 1. The molecule has 0 aliphatic carbocycles. The first kappa shape index (κ1) is 15.8. The standard InChI is InChI=1S/C16H25N3O2/c1-12(2)18-6-8-19(9-7-18)14-5-3-4-13(10-14)15(17)11-16(20)21/h3-5,10,12,15H,6-9,11,17H2,1-2H3,(H,20,21). The van der Waals surface area contributed by atoms with Crippen LogP contribution in [-0.4, -0.2) is 48.2 Å². The van der Waals surface area contributed by atoms with Gasteiger partial charge in [0.1, 0.15) is 0 Å². The quantitative estimate of drug-likeness (QED) is 0.864. The molecule has 5 nitrogen and oxygen atoms in total. The molecule has 2 rings (SSSR count). The molecule has 0 amide bonds. The lowest BCUT2D eigenvalue weighted by atomic mass is 10.0. The molecule has 1 fully saturated rings. The first-order valence-electron chi connectivity index (χ1n) is 7.53. The summed E-state index contributed by atoms with van der Waals surface area (Å²) < 4.78 is 0. The lowest BCUT2D eigenvalue weighted by Crippen LogP contribution is -2.48. The molecule has 5 heteroatoms. The highest BCUT2D eigenvalue weighted by molar-refractivity contribution is 5.68. The van der Waals surface area contributed by atoms with E-state index in [1.807, 2.05) is 18.2 Å². The van der Waals surface area contributed by atoms with E-state index in [1.165, 1.54) is 0 Å². The number of anilines is 1. The van der Waals surface area contributed by atoms with Gasteiger partial charge in [0, 0.05) is 44.0 Å². The van der Waals surface area contributed by atoms with E-state index in [4.69, 9.17) is 10.8 Å². The average Bonchev–Trinajstić information content (AvgIpc) is 2.47. The molecule has 1 unspecified atom stereocenters. The molecule has 0 saturated carbocycles. The van der Waals surface area contributed by atoms with Gasteiger partial charge in [-0.25, -0.2) is 0 Å². The van der Waals surface area contributed by atoms with Gasteiger partial charge in [-0.2, -0.15) is 0 Å². The number of hydrogen-bond acceptors (Lipinski definition) is 4. The van der Waals surface area contributed by atoms with Crippen LogP contribution in [0.4, 0.5) is 5.69 Å². The van der Waals surface area contributed by atoms with Crippen LogP contribution in [0.15, 0.2) is 24.3 Å². The Morgan fingerprint density at radius 1 is 1.29 bits per heavy atom. The van der Waals surface area contributed by atoms with Gasteiger partial charge in [-0.1, -0.05) is 12.1 Å². The molecule has 21 heavy (non-hydrogen) atoms. The SMILES string of the molecule is CC(C)N1CCN(c2cccc(C(N)CC(=O)O)c2)CC1. The van der Waals surface area contributed by atoms with E-state index in [-0.39, 0.29) is 6.42 Å². The molecule has 0 radical (unpaired) electrons. The van der Waals surface area contributed by atoms with Crippen molar-refractivity contribution in [3.8, 4) is 0 Å². The molecule has 1 heterocycles. The van der Waals surface area contributed by atoms with Crippen LogP contribution in [0.5, 0.6) is 0 Å². The molecule has 1 aromatic carbocycles. The second-order valence-corrected chi connectivity index (χ2v) is 5.92. The second kappa shape index (κ2) is 6.91. The van der Waals surface area contributed by atoms with Crippen LogP contribution in [0.25, 0.3) is 0 Å². The van der Waals surface area contributed by atoms with E-state index in [2.05, 4.69) is 29.7 Å². The number of hydrogen-bond donors (Lipinski definition) is 2. The van der Waals surface area contributed by atoms with Crippen molar-refractivity contribution in [2.75, 3.05) is 31.1 Å². The number of carboxylic acids is 1. The fourth-order valence-corrected chi connectivity index (χ4v) is 2.75. The van der Waals surface area contributed by atoms with Gasteiger partial charge in [-0.3, -0.25) is 9.69 Å². The van der Waals surface area contributed by atoms with E-state index in [9.17, 15) is 4.79 Å². The van der Waals surface area contributed by atoms with Crippen molar-refractivity contribution in [2.45, 2.75) is 32.4 Å². The van der Waals surface area contributed by atoms with Gasteiger partial charge < -0.3 is 15.7 Å². The van der Waals surface area contributed by atoms with Crippen molar-refractivity contribution in [3.63, 3.8) is 0 Å². The van der Waals surface area contributed by atoms with E-state index in [0.717, 1.165) is 37.4 Å². The van der Waals surface area contributed by atoms with E-state index in [0.29, 0.717) is 6.04 Å². The highest BCUT2D eigenvalue weighted by Gasteiger charge is 2.19. The predicted molar refractivity (Wildman–Crippen MR) is 84.5 cm³/mol. The summed E-state index contributed by atoms with van der Waals surface area (Å²) >= 11 is 0. The summed E-state index contributed by atoms with van der Waals surface area (Å²) in [6.45, 7) is 8.56. The Hall–Kier alpha value is -1.59. The average molecular weight is 291 g/mol. The number of piperazine rings is 1. The molecular weight excluding hydrogens is 266 g/mol. The Morgan fingerprint density at radius 2 is 1.95 bits per heavy atom. The Balaban J connectivity index is 2.03. The lowest BCUT2D eigenvalue weighted by molar-refractivity contribution is -0.137. The molecule has 1 aromatic rings. The first-order chi connectivity index (χ1) is 9.97. The monoisotopic (exact) mass is 291 g/mol. The highest BCUT2D eigenvalue weighted by atomic mass is 16.4. The third kappa shape index (κ3) is 4.19. The zero-order chi connectivity index (χ0) is 15.4. The highest BCUT2D eigenvalue weighted by Crippen LogP contribution is 2.22. The summed E-state index contributed by atoms with van der Waals surface area (Å²) in [5.41, 5.74) is 7.97. The zero-order valence-electron chi connectivity index (χ0n) is 12.8. The summed E-state index contributed by atoms with van der Waals surface area (Å²) in [7, 11) is 0. The lowest BCUT2D eigenvalue weighted by Gasteiger charge is -2.38. The van der Waals surface area contributed by atoms with Gasteiger partial charge in [0.25, 0.3) is 0 Å². The maximum atomic E-state index is 10.8. The maximum absolute atomic E-state index is 10.8. The van der Waals surface area contributed by atoms with Gasteiger partial charge in [0.05, 0.1) is 6.42 Å². The number of carbonyl (C=O) groups is 1. The first-order valence-corrected chi connectivity index (χ1v) is 7.53. The van der Waals surface area contributed by atoms with Gasteiger partial charge in [-0.15, -0.1) is 0 Å². The number of nitrogens with two attached hydrogens (primary N) is 1. The molecule has 1 saturated heterocycles. The summed E-state index contributed by atoms with van der Waals surface area (Å²) in [5.74, 6) is -0.863. The van der Waals surface area contributed by atoms with Gasteiger partial charge >= 0.3 is 5.97 Å². The fraction of sp³-hybridized carbons (Fsp3) is 0.562. The van der Waals surface area contributed by atoms with Crippen molar-refractivity contribution < 1.29 is 9.90 Å². The summed E-state index contributed by atoms with van der Waals surface area (Å²) in [6.07, 6.45) is -0.0371. The zero-order valence-corrected chi connectivity index (χ0v) is 12.8. The van der Waals surface area contributed by atoms with E-state index in [1.54, 1.807) is 0 Å². The van der Waals surface area contributed by atoms with Crippen molar-refractivity contribution in [1.29, 1.82) is 0 Å².